The van der Waals surface area contributed by atoms with Gasteiger partial charge in [0.15, 0.2) is 4.08 Å². The van der Waals surface area contributed by atoms with E-state index in [4.69, 9.17) is 0 Å². The number of aromatic hydroxyl groups is 1. The summed E-state index contributed by atoms with van der Waals surface area (Å²) in [6, 6.07) is 24.8. The Morgan fingerprint density at radius 2 is 1.58 bits per heavy atom. The summed E-state index contributed by atoms with van der Waals surface area (Å²) in [6.45, 7) is 0. The van der Waals surface area contributed by atoms with E-state index in [1.807, 2.05) is 73.8 Å². The van der Waals surface area contributed by atoms with Gasteiger partial charge in [0, 0.05) is 16.8 Å². The van der Waals surface area contributed by atoms with Crippen LogP contribution in [0.3, 0.4) is 0 Å². The van der Waals surface area contributed by atoms with E-state index in [-0.39, 0.29) is 11.7 Å². The monoisotopic (exact) mass is 379 g/mol. The molecule has 0 radical (unpaired) electrons. The van der Waals surface area contributed by atoms with E-state index in [1.54, 1.807) is 28.8 Å². The first kappa shape index (κ1) is 17.1. The van der Waals surface area contributed by atoms with E-state index in [0.717, 1.165) is 21.0 Å². The highest BCUT2D eigenvalue weighted by Crippen LogP contribution is 2.58. The number of benzene rings is 3. The number of phenols is 1. The predicted octanol–water partition coefficient (Wildman–Crippen LogP) is 5.11. The van der Waals surface area contributed by atoms with Crippen LogP contribution in [0.5, 0.6) is 5.75 Å². The molecule has 0 saturated carbocycles. The summed E-state index contributed by atoms with van der Waals surface area (Å²) in [5.41, 5.74) is 1.78. The minimum Gasteiger partial charge on any atom is -0.508 e. The zero-order valence-corrected chi connectivity index (χ0v) is 15.8. The lowest BCUT2D eigenvalue weighted by Crippen LogP contribution is -2.44. The third-order valence-electron chi connectivity index (χ3n) is 4.32. The van der Waals surface area contributed by atoms with Crippen LogP contribution in [-0.4, -0.2) is 18.1 Å². The predicted molar refractivity (Wildman–Crippen MR) is 108 cm³/mol. The van der Waals surface area contributed by atoms with Crippen LogP contribution < -0.4 is 4.90 Å². The second-order valence-corrected chi connectivity index (χ2v) is 8.82. The van der Waals surface area contributed by atoms with Crippen LogP contribution in [0.4, 0.5) is 5.69 Å². The molecular weight excluding hydrogens is 362 g/mol. The van der Waals surface area contributed by atoms with Gasteiger partial charge in [0.05, 0.1) is 5.69 Å². The molecule has 1 aliphatic heterocycles. The lowest BCUT2D eigenvalue weighted by Gasteiger charge is -2.40. The number of thioether (sulfide) groups is 2. The van der Waals surface area contributed by atoms with E-state index in [1.165, 1.54) is 11.8 Å². The Kier molecular flexibility index (Phi) is 4.42. The molecule has 0 fully saturated rings. The van der Waals surface area contributed by atoms with Gasteiger partial charge in [-0.25, -0.2) is 0 Å². The Bertz CT molecular complexity index is 944. The number of para-hydroxylation sites is 1. The van der Waals surface area contributed by atoms with Crippen LogP contribution in [0.1, 0.15) is 5.56 Å². The zero-order valence-electron chi connectivity index (χ0n) is 14.1. The van der Waals surface area contributed by atoms with Crippen molar-refractivity contribution in [2.75, 3.05) is 11.9 Å². The normalized spacial score (nSPS) is 19.3. The minimum absolute atomic E-state index is 0.0146. The van der Waals surface area contributed by atoms with Gasteiger partial charge < -0.3 is 10.0 Å². The molecule has 0 saturated heterocycles. The van der Waals surface area contributed by atoms with Crippen molar-refractivity contribution in [2.45, 2.75) is 13.9 Å². The maximum atomic E-state index is 13.5. The van der Waals surface area contributed by atoms with E-state index in [9.17, 15) is 9.90 Å². The molecule has 3 aromatic rings. The molecule has 1 N–H and O–H groups in total. The summed E-state index contributed by atoms with van der Waals surface area (Å²) < 4.78 is -0.849. The molecule has 0 spiro atoms. The lowest BCUT2D eigenvalue weighted by molar-refractivity contribution is -0.118. The van der Waals surface area contributed by atoms with Crippen molar-refractivity contribution < 1.29 is 9.90 Å². The van der Waals surface area contributed by atoms with Gasteiger partial charge >= 0.3 is 0 Å². The quantitative estimate of drug-likeness (QED) is 0.687. The molecule has 1 aliphatic rings. The topological polar surface area (TPSA) is 40.5 Å². The van der Waals surface area contributed by atoms with Crippen molar-refractivity contribution in [3.8, 4) is 5.75 Å². The highest BCUT2D eigenvalue weighted by molar-refractivity contribution is 8.18. The van der Waals surface area contributed by atoms with E-state index in [2.05, 4.69) is 0 Å². The van der Waals surface area contributed by atoms with Crippen LogP contribution in [-0.2, 0) is 8.87 Å². The first-order valence-corrected chi connectivity index (χ1v) is 9.83. The Balaban J connectivity index is 1.88. The number of hydrogen-bond acceptors (Lipinski definition) is 4. The highest BCUT2D eigenvalue weighted by atomic mass is 32.2. The van der Waals surface area contributed by atoms with Gasteiger partial charge in [-0.1, -0.05) is 66.0 Å². The number of nitrogens with zero attached hydrogens (tertiary/aromatic N) is 1. The van der Waals surface area contributed by atoms with Crippen molar-refractivity contribution in [3.63, 3.8) is 0 Å². The molecule has 0 aromatic heterocycles. The fourth-order valence-corrected chi connectivity index (χ4v) is 6.06. The molecule has 1 unspecified atom stereocenters. The van der Waals surface area contributed by atoms with Crippen molar-refractivity contribution in [3.05, 3.63) is 84.4 Å². The van der Waals surface area contributed by atoms with Crippen molar-refractivity contribution in [1.82, 2.24) is 0 Å². The summed E-state index contributed by atoms with van der Waals surface area (Å²) in [4.78, 5) is 17.3. The molecule has 0 aliphatic carbocycles. The number of anilines is 1. The fourth-order valence-electron chi connectivity index (χ4n) is 2.99. The molecule has 1 heterocycles. The number of carbonyl (C=O) groups excluding carboxylic acids is 1. The number of carbonyl (C=O) groups is 1. The molecular formula is C21H17NO2S2. The second-order valence-electron chi connectivity index (χ2n) is 6.01. The molecule has 5 heteroatoms. The maximum absolute atomic E-state index is 13.5. The maximum Gasteiger partial charge on any atom is 0.258 e. The first-order chi connectivity index (χ1) is 12.6. The van der Waals surface area contributed by atoms with Crippen LogP contribution in [0.2, 0.25) is 0 Å². The molecule has 130 valence electrons. The van der Waals surface area contributed by atoms with Crippen LogP contribution in [0.25, 0.3) is 0 Å². The third-order valence-corrected chi connectivity index (χ3v) is 7.29. The zero-order chi connectivity index (χ0) is 18.1. The summed E-state index contributed by atoms with van der Waals surface area (Å²) in [7, 11) is 1.82. The Morgan fingerprint density at radius 1 is 0.923 bits per heavy atom. The van der Waals surface area contributed by atoms with E-state index in [0.29, 0.717) is 0 Å². The Hall–Kier alpha value is -2.37. The molecule has 1 atom stereocenters. The molecule has 4 rings (SSSR count). The summed E-state index contributed by atoms with van der Waals surface area (Å²) in [5.74, 6) is 0.205. The average molecular weight is 380 g/mol. The smallest absolute Gasteiger partial charge is 0.258 e. The fraction of sp³-hybridized carbons (Fsp3) is 0.0952. The van der Waals surface area contributed by atoms with Crippen molar-refractivity contribution >= 4 is 35.1 Å². The van der Waals surface area contributed by atoms with Gasteiger partial charge in [0.1, 0.15) is 5.75 Å². The third kappa shape index (κ3) is 2.87. The molecule has 0 bridgehead atoms. The summed E-state index contributed by atoms with van der Waals surface area (Å²) in [5, 5.41) is 9.70. The SMILES string of the molecule is CN1C(=O)C(Sc2ccccc2)(c2ccc(O)cc2)Sc2ccccc21. The van der Waals surface area contributed by atoms with Crippen LogP contribution in [0.15, 0.2) is 88.7 Å². The second kappa shape index (κ2) is 6.74. The number of hydrogen-bond donors (Lipinski definition) is 1. The Morgan fingerprint density at radius 3 is 2.31 bits per heavy atom. The van der Waals surface area contributed by atoms with Gasteiger partial charge in [-0.15, -0.1) is 0 Å². The number of likely N-dealkylation sites (N-methyl/N-ethyl adjacent to an activating group) is 1. The number of fused-ring (bicyclic) bond motifs is 1. The standard InChI is InChI=1S/C21H17NO2S2/c1-22-18-9-5-6-10-19(18)26-21(20(22)24,15-11-13-16(23)14-12-15)25-17-7-3-2-4-8-17/h2-14,23H,1H3. The molecule has 3 aromatic carbocycles. The molecule has 3 nitrogen and oxygen atoms in total. The number of phenolic OH excluding ortho intramolecular Hbond substituents is 1. The average Bonchev–Trinajstić information content (AvgIpc) is 2.67. The van der Waals surface area contributed by atoms with Gasteiger partial charge in [0.2, 0.25) is 0 Å². The first-order valence-electron chi connectivity index (χ1n) is 8.20. The van der Waals surface area contributed by atoms with Gasteiger partial charge in [0.25, 0.3) is 5.91 Å². The molecule has 1 amide bonds. The van der Waals surface area contributed by atoms with Crippen molar-refractivity contribution in [1.29, 1.82) is 0 Å². The van der Waals surface area contributed by atoms with Gasteiger partial charge in [-0.2, -0.15) is 0 Å². The van der Waals surface area contributed by atoms with Gasteiger partial charge in [-0.3, -0.25) is 4.79 Å². The van der Waals surface area contributed by atoms with E-state index < -0.39 is 4.08 Å². The summed E-state index contributed by atoms with van der Waals surface area (Å²) in [6.07, 6.45) is 0. The summed E-state index contributed by atoms with van der Waals surface area (Å²) >= 11 is 3.10. The lowest BCUT2D eigenvalue weighted by atomic mass is 10.1. The Labute approximate surface area is 161 Å². The van der Waals surface area contributed by atoms with Gasteiger partial charge in [-0.05, 0) is 42.0 Å². The molecule has 26 heavy (non-hydrogen) atoms. The van der Waals surface area contributed by atoms with Crippen LogP contribution in [0, 0.1) is 0 Å². The minimum atomic E-state index is -0.849. The highest BCUT2D eigenvalue weighted by Gasteiger charge is 2.48. The van der Waals surface area contributed by atoms with Crippen molar-refractivity contribution in [2.24, 2.45) is 0 Å². The largest absolute Gasteiger partial charge is 0.508 e. The van der Waals surface area contributed by atoms with Crippen LogP contribution >= 0.6 is 23.5 Å². The number of amides is 1. The number of rotatable bonds is 3. The van der Waals surface area contributed by atoms with E-state index >= 15 is 0 Å².